The van der Waals surface area contributed by atoms with Crippen LogP contribution in [0.15, 0.2) is 0 Å². The molecule has 20 heavy (non-hydrogen) atoms. The van der Waals surface area contributed by atoms with Crippen LogP contribution in [0.5, 0.6) is 0 Å². The zero-order valence-corrected chi connectivity index (χ0v) is 11.7. The van der Waals surface area contributed by atoms with E-state index in [-0.39, 0.29) is 0 Å². The number of carboxylic acids is 1. The SMILES string of the molecule is CCCC[C@H](NC(=O)[C@@H](N)CCCNC(N)=O)C(=O)O. The van der Waals surface area contributed by atoms with E-state index in [2.05, 4.69) is 10.6 Å². The zero-order chi connectivity index (χ0) is 15.5. The molecule has 0 aliphatic heterocycles. The van der Waals surface area contributed by atoms with E-state index < -0.39 is 30.0 Å². The van der Waals surface area contributed by atoms with Gasteiger partial charge in [0, 0.05) is 6.54 Å². The lowest BCUT2D eigenvalue weighted by Gasteiger charge is -2.17. The number of carbonyl (C=O) groups excluding carboxylic acids is 2. The van der Waals surface area contributed by atoms with E-state index >= 15 is 0 Å². The number of primary amides is 1. The molecule has 0 aromatic carbocycles. The molecule has 8 heteroatoms. The number of hydrogen-bond donors (Lipinski definition) is 5. The van der Waals surface area contributed by atoms with Crippen LogP contribution in [0.3, 0.4) is 0 Å². The summed E-state index contributed by atoms with van der Waals surface area (Å²) in [5, 5.41) is 13.8. The Hall–Kier alpha value is -1.83. The molecule has 0 aromatic rings. The van der Waals surface area contributed by atoms with Gasteiger partial charge in [-0.15, -0.1) is 0 Å². The van der Waals surface area contributed by atoms with E-state index in [1.165, 1.54) is 0 Å². The molecule has 0 rings (SSSR count). The van der Waals surface area contributed by atoms with Crippen LogP contribution in [0.2, 0.25) is 0 Å². The third-order valence-electron chi connectivity index (χ3n) is 2.79. The molecule has 116 valence electrons. The van der Waals surface area contributed by atoms with E-state index in [1.807, 2.05) is 6.92 Å². The largest absolute Gasteiger partial charge is 0.480 e. The van der Waals surface area contributed by atoms with E-state index in [1.54, 1.807) is 0 Å². The minimum Gasteiger partial charge on any atom is -0.480 e. The van der Waals surface area contributed by atoms with Crippen molar-refractivity contribution in [1.29, 1.82) is 0 Å². The van der Waals surface area contributed by atoms with Gasteiger partial charge in [-0.05, 0) is 19.3 Å². The molecule has 7 N–H and O–H groups in total. The van der Waals surface area contributed by atoms with Crippen molar-refractivity contribution < 1.29 is 19.5 Å². The highest BCUT2D eigenvalue weighted by Crippen LogP contribution is 2.02. The van der Waals surface area contributed by atoms with Crippen LogP contribution in [0.25, 0.3) is 0 Å². The van der Waals surface area contributed by atoms with Gasteiger partial charge in [-0.1, -0.05) is 19.8 Å². The first-order valence-corrected chi connectivity index (χ1v) is 6.70. The summed E-state index contributed by atoms with van der Waals surface area (Å²) in [7, 11) is 0. The quantitative estimate of drug-likeness (QED) is 0.344. The van der Waals surface area contributed by atoms with Crippen molar-refractivity contribution in [2.75, 3.05) is 6.54 Å². The van der Waals surface area contributed by atoms with Crippen molar-refractivity contribution in [3.63, 3.8) is 0 Å². The van der Waals surface area contributed by atoms with E-state index in [9.17, 15) is 14.4 Å². The monoisotopic (exact) mass is 288 g/mol. The summed E-state index contributed by atoms with van der Waals surface area (Å²) < 4.78 is 0. The number of urea groups is 1. The summed E-state index contributed by atoms with van der Waals surface area (Å²) in [6.07, 6.45) is 2.78. The highest BCUT2D eigenvalue weighted by atomic mass is 16.4. The van der Waals surface area contributed by atoms with Gasteiger partial charge in [0.25, 0.3) is 0 Å². The fraction of sp³-hybridized carbons (Fsp3) is 0.750. The lowest BCUT2D eigenvalue weighted by atomic mass is 10.1. The Morgan fingerprint density at radius 2 is 1.85 bits per heavy atom. The maximum atomic E-state index is 11.7. The van der Waals surface area contributed by atoms with Crippen LogP contribution in [-0.2, 0) is 9.59 Å². The van der Waals surface area contributed by atoms with Gasteiger partial charge in [0.2, 0.25) is 5.91 Å². The zero-order valence-electron chi connectivity index (χ0n) is 11.7. The first-order valence-electron chi connectivity index (χ1n) is 6.70. The number of aliphatic carboxylic acids is 1. The second-order valence-electron chi connectivity index (χ2n) is 4.58. The highest BCUT2D eigenvalue weighted by molar-refractivity contribution is 5.86. The Balaban J connectivity index is 4.08. The number of amides is 3. The number of carbonyl (C=O) groups is 3. The summed E-state index contributed by atoms with van der Waals surface area (Å²) in [5.74, 6) is -1.55. The standard InChI is InChI=1S/C12H24N4O4/c1-2-3-6-9(11(18)19)16-10(17)8(13)5-4-7-15-12(14)20/h8-9H,2-7,13H2,1H3,(H,16,17)(H,18,19)(H3,14,15,20)/t8-,9-/m0/s1. The van der Waals surface area contributed by atoms with E-state index in [0.717, 1.165) is 12.8 Å². The molecule has 0 aliphatic carbocycles. The predicted octanol–water partition coefficient (Wildman–Crippen LogP) is -0.478. The topological polar surface area (TPSA) is 148 Å². The predicted molar refractivity (Wildman–Crippen MR) is 73.9 cm³/mol. The van der Waals surface area contributed by atoms with Crippen LogP contribution < -0.4 is 22.1 Å². The number of nitrogens with two attached hydrogens (primary N) is 2. The number of rotatable bonds is 10. The van der Waals surface area contributed by atoms with E-state index in [0.29, 0.717) is 25.8 Å². The van der Waals surface area contributed by atoms with Crippen LogP contribution in [0.4, 0.5) is 4.79 Å². The summed E-state index contributed by atoms with van der Waals surface area (Å²) in [5.41, 5.74) is 10.6. The summed E-state index contributed by atoms with van der Waals surface area (Å²) in [6, 6.07) is -2.33. The molecule has 3 amide bonds. The first kappa shape index (κ1) is 18.2. The fourth-order valence-electron chi connectivity index (χ4n) is 1.61. The molecular weight excluding hydrogens is 264 g/mol. The van der Waals surface area contributed by atoms with Gasteiger partial charge in [0.15, 0.2) is 0 Å². The Kier molecular flexibility index (Phi) is 9.10. The maximum Gasteiger partial charge on any atom is 0.326 e. The number of unbranched alkanes of at least 4 members (excludes halogenated alkanes) is 1. The molecule has 0 radical (unpaired) electrons. The average Bonchev–Trinajstić information content (AvgIpc) is 2.38. The van der Waals surface area contributed by atoms with Gasteiger partial charge in [-0.3, -0.25) is 4.79 Å². The molecule has 0 aliphatic rings. The van der Waals surface area contributed by atoms with Crippen molar-refractivity contribution >= 4 is 17.9 Å². The van der Waals surface area contributed by atoms with Crippen molar-refractivity contribution in [3.05, 3.63) is 0 Å². The molecule has 8 nitrogen and oxygen atoms in total. The minimum atomic E-state index is -1.06. The number of hydrogen-bond acceptors (Lipinski definition) is 4. The van der Waals surface area contributed by atoms with Crippen molar-refractivity contribution in [2.45, 2.75) is 51.1 Å². The van der Waals surface area contributed by atoms with Crippen molar-refractivity contribution in [3.8, 4) is 0 Å². The number of carboxylic acid groups (broad SMARTS) is 1. The average molecular weight is 288 g/mol. The Labute approximate surface area is 118 Å². The molecule has 0 heterocycles. The Morgan fingerprint density at radius 1 is 1.20 bits per heavy atom. The molecule has 0 bridgehead atoms. The van der Waals surface area contributed by atoms with Crippen molar-refractivity contribution in [2.24, 2.45) is 11.5 Å². The molecule has 0 spiro atoms. The van der Waals surface area contributed by atoms with Crippen LogP contribution in [-0.4, -0.2) is 41.6 Å². The van der Waals surface area contributed by atoms with E-state index in [4.69, 9.17) is 16.6 Å². The normalized spacial score (nSPS) is 13.3. The minimum absolute atomic E-state index is 0.328. The van der Waals surface area contributed by atoms with Crippen LogP contribution in [0.1, 0.15) is 39.0 Å². The molecule has 0 saturated heterocycles. The lowest BCUT2D eigenvalue weighted by Crippen LogP contribution is -2.48. The lowest BCUT2D eigenvalue weighted by molar-refractivity contribution is -0.142. The van der Waals surface area contributed by atoms with Gasteiger partial charge >= 0.3 is 12.0 Å². The molecular formula is C12H24N4O4. The molecule has 0 fully saturated rings. The van der Waals surface area contributed by atoms with Gasteiger partial charge < -0.3 is 27.2 Å². The highest BCUT2D eigenvalue weighted by Gasteiger charge is 2.22. The molecule has 2 atom stereocenters. The summed E-state index contributed by atoms with van der Waals surface area (Å²) >= 11 is 0. The van der Waals surface area contributed by atoms with Gasteiger partial charge in [0.05, 0.1) is 6.04 Å². The third kappa shape index (κ3) is 8.30. The van der Waals surface area contributed by atoms with Crippen LogP contribution in [0, 0.1) is 0 Å². The first-order chi connectivity index (χ1) is 9.38. The Morgan fingerprint density at radius 3 is 2.35 bits per heavy atom. The second kappa shape index (κ2) is 10.0. The maximum absolute atomic E-state index is 11.7. The Bertz CT molecular complexity index is 335. The van der Waals surface area contributed by atoms with Gasteiger partial charge in [-0.25, -0.2) is 9.59 Å². The van der Waals surface area contributed by atoms with Gasteiger partial charge in [0.1, 0.15) is 6.04 Å². The summed E-state index contributed by atoms with van der Waals surface area (Å²) in [4.78, 5) is 33.2. The molecule has 0 aromatic heterocycles. The van der Waals surface area contributed by atoms with Crippen LogP contribution >= 0.6 is 0 Å². The van der Waals surface area contributed by atoms with Crippen molar-refractivity contribution in [1.82, 2.24) is 10.6 Å². The van der Waals surface area contributed by atoms with Gasteiger partial charge in [-0.2, -0.15) is 0 Å². The second-order valence-corrected chi connectivity index (χ2v) is 4.58. The number of nitrogens with one attached hydrogen (secondary N) is 2. The third-order valence-corrected chi connectivity index (χ3v) is 2.79. The smallest absolute Gasteiger partial charge is 0.326 e. The molecule has 0 saturated carbocycles. The summed E-state index contributed by atoms with van der Waals surface area (Å²) in [6.45, 7) is 2.27. The molecule has 0 unspecified atom stereocenters. The fourth-order valence-corrected chi connectivity index (χ4v) is 1.61.